The number of fused-ring (bicyclic) bond motifs is 1. The number of amidine groups is 1. The van der Waals surface area contributed by atoms with Crippen molar-refractivity contribution in [3.63, 3.8) is 0 Å². The Morgan fingerprint density at radius 3 is 3.44 bits per heavy atom. The molecule has 0 radical (unpaired) electrons. The summed E-state index contributed by atoms with van der Waals surface area (Å²) in [4.78, 5) is 14.2. The predicted octanol–water partition coefficient (Wildman–Crippen LogP) is -0.125. The Hall–Kier alpha value is -0.840. The SMILES string of the molecule is O=C1CN2N=CSC2=N1. The van der Waals surface area contributed by atoms with Crippen LogP contribution in [-0.2, 0) is 4.79 Å². The van der Waals surface area contributed by atoms with E-state index in [2.05, 4.69) is 10.1 Å². The first kappa shape index (κ1) is 4.99. The fourth-order valence-electron chi connectivity index (χ4n) is 0.701. The van der Waals surface area contributed by atoms with Crippen LogP contribution in [0.15, 0.2) is 10.1 Å². The second-order valence-electron chi connectivity index (χ2n) is 1.68. The van der Waals surface area contributed by atoms with Gasteiger partial charge in [-0.3, -0.25) is 4.79 Å². The topological polar surface area (TPSA) is 45.0 Å². The van der Waals surface area contributed by atoms with E-state index in [-0.39, 0.29) is 5.91 Å². The first-order valence-electron chi connectivity index (χ1n) is 2.44. The summed E-state index contributed by atoms with van der Waals surface area (Å²) in [5, 5.41) is 6.17. The van der Waals surface area contributed by atoms with Crippen molar-refractivity contribution in [3.05, 3.63) is 0 Å². The molecule has 2 aliphatic rings. The fraction of sp³-hybridized carbons (Fsp3) is 0.250. The number of carbonyl (C=O) groups excluding carboxylic acids is 1. The van der Waals surface area contributed by atoms with Gasteiger partial charge in [-0.15, -0.1) is 0 Å². The Morgan fingerprint density at radius 2 is 2.67 bits per heavy atom. The van der Waals surface area contributed by atoms with Gasteiger partial charge in [0.05, 0.1) is 5.55 Å². The molecule has 0 aromatic heterocycles. The lowest BCUT2D eigenvalue weighted by Crippen LogP contribution is -2.15. The monoisotopic (exact) mass is 141 g/mol. The van der Waals surface area contributed by atoms with Crippen molar-refractivity contribution in [2.45, 2.75) is 0 Å². The zero-order chi connectivity index (χ0) is 6.27. The van der Waals surface area contributed by atoms with Crippen LogP contribution < -0.4 is 0 Å². The highest BCUT2D eigenvalue weighted by atomic mass is 32.2. The number of carbonyl (C=O) groups is 1. The fourth-order valence-corrected chi connectivity index (χ4v) is 1.34. The Morgan fingerprint density at radius 1 is 1.78 bits per heavy atom. The molecule has 0 unspecified atom stereocenters. The van der Waals surface area contributed by atoms with Crippen LogP contribution in [0, 0.1) is 0 Å². The van der Waals surface area contributed by atoms with Gasteiger partial charge in [0.15, 0.2) is 5.17 Å². The molecule has 0 aromatic carbocycles. The summed E-state index contributed by atoms with van der Waals surface area (Å²) in [5.41, 5.74) is 1.67. The minimum atomic E-state index is -0.102. The molecule has 2 heterocycles. The highest BCUT2D eigenvalue weighted by Gasteiger charge is 2.25. The highest BCUT2D eigenvalue weighted by molar-refractivity contribution is 8.25. The second-order valence-corrected chi connectivity index (χ2v) is 2.50. The van der Waals surface area contributed by atoms with E-state index >= 15 is 0 Å². The lowest BCUT2D eigenvalue weighted by atomic mass is 10.6. The van der Waals surface area contributed by atoms with Crippen LogP contribution >= 0.6 is 11.8 Å². The van der Waals surface area contributed by atoms with E-state index in [4.69, 9.17) is 0 Å². The van der Waals surface area contributed by atoms with Crippen LogP contribution in [0.4, 0.5) is 0 Å². The van der Waals surface area contributed by atoms with Crippen LogP contribution in [-0.4, -0.2) is 28.2 Å². The molecular weight excluding hydrogens is 138 g/mol. The number of hydrogen-bond donors (Lipinski definition) is 0. The van der Waals surface area contributed by atoms with E-state index in [9.17, 15) is 4.79 Å². The van der Waals surface area contributed by atoms with Crippen LogP contribution in [0.5, 0.6) is 0 Å². The summed E-state index contributed by atoms with van der Waals surface area (Å²) < 4.78 is 0. The van der Waals surface area contributed by atoms with E-state index in [1.807, 2.05) is 0 Å². The molecule has 2 aliphatic heterocycles. The molecule has 1 amide bonds. The van der Waals surface area contributed by atoms with Crippen molar-refractivity contribution < 1.29 is 4.79 Å². The predicted molar refractivity (Wildman–Crippen MR) is 35.2 cm³/mol. The summed E-state index contributed by atoms with van der Waals surface area (Å²) >= 11 is 1.38. The first-order chi connectivity index (χ1) is 4.36. The molecule has 46 valence electrons. The van der Waals surface area contributed by atoms with E-state index < -0.39 is 0 Å². The van der Waals surface area contributed by atoms with Gasteiger partial charge < -0.3 is 0 Å². The maximum atomic E-state index is 10.5. The Labute approximate surface area is 55.6 Å². The van der Waals surface area contributed by atoms with Gasteiger partial charge in [0.1, 0.15) is 6.54 Å². The lowest BCUT2D eigenvalue weighted by molar-refractivity contribution is -0.117. The van der Waals surface area contributed by atoms with Gasteiger partial charge in [-0.1, -0.05) is 0 Å². The molecule has 0 saturated heterocycles. The smallest absolute Gasteiger partial charge is 0.269 e. The number of hydrogen-bond acceptors (Lipinski definition) is 4. The van der Waals surface area contributed by atoms with Crippen LogP contribution in [0.25, 0.3) is 0 Å². The normalized spacial score (nSPS) is 22.9. The zero-order valence-corrected chi connectivity index (χ0v) is 5.26. The molecule has 9 heavy (non-hydrogen) atoms. The molecule has 0 saturated carbocycles. The highest BCUT2D eigenvalue weighted by Crippen LogP contribution is 2.18. The third kappa shape index (κ3) is 0.647. The number of hydrazone groups is 1. The van der Waals surface area contributed by atoms with Gasteiger partial charge in [0.25, 0.3) is 5.91 Å². The number of nitrogens with zero attached hydrogens (tertiary/aromatic N) is 3. The van der Waals surface area contributed by atoms with Crippen molar-refractivity contribution in [1.29, 1.82) is 0 Å². The van der Waals surface area contributed by atoms with Crippen molar-refractivity contribution in [2.75, 3.05) is 6.54 Å². The van der Waals surface area contributed by atoms with Gasteiger partial charge in [0, 0.05) is 0 Å². The van der Waals surface area contributed by atoms with Gasteiger partial charge >= 0.3 is 0 Å². The molecule has 0 aliphatic carbocycles. The molecular formula is C4H3N3OS. The molecule has 0 atom stereocenters. The van der Waals surface area contributed by atoms with Crippen LogP contribution in [0.2, 0.25) is 0 Å². The number of amides is 1. The van der Waals surface area contributed by atoms with Crippen LogP contribution in [0.3, 0.4) is 0 Å². The molecule has 2 rings (SSSR count). The Kier molecular flexibility index (Phi) is 0.869. The Bertz CT molecular complexity index is 222. The average Bonchev–Trinajstić information content (AvgIpc) is 2.22. The second kappa shape index (κ2) is 1.57. The minimum Gasteiger partial charge on any atom is -0.270 e. The summed E-state index contributed by atoms with van der Waals surface area (Å²) in [5.74, 6) is -0.102. The van der Waals surface area contributed by atoms with E-state index in [0.717, 1.165) is 0 Å². The maximum absolute atomic E-state index is 10.5. The van der Waals surface area contributed by atoms with Crippen molar-refractivity contribution >= 4 is 28.4 Å². The lowest BCUT2D eigenvalue weighted by Gasteiger charge is -2.00. The standard InChI is InChI=1S/C4H3N3OS/c8-3-1-7-4(6-3)9-2-5-7/h2H,1H2. The zero-order valence-electron chi connectivity index (χ0n) is 4.44. The van der Waals surface area contributed by atoms with Crippen molar-refractivity contribution in [3.8, 4) is 0 Å². The summed E-state index contributed by atoms with van der Waals surface area (Å²) in [6.07, 6.45) is 0. The van der Waals surface area contributed by atoms with E-state index in [1.54, 1.807) is 10.6 Å². The Balaban J connectivity index is 2.33. The summed E-state index contributed by atoms with van der Waals surface area (Å²) in [6, 6.07) is 0. The van der Waals surface area contributed by atoms with E-state index in [0.29, 0.717) is 11.7 Å². The van der Waals surface area contributed by atoms with E-state index in [1.165, 1.54) is 11.8 Å². The molecule has 5 heteroatoms. The minimum absolute atomic E-state index is 0.102. The number of aliphatic imine (C=N–C) groups is 1. The van der Waals surface area contributed by atoms with Crippen LogP contribution in [0.1, 0.15) is 0 Å². The quantitative estimate of drug-likeness (QED) is 0.472. The summed E-state index contributed by atoms with van der Waals surface area (Å²) in [6.45, 7) is 0.318. The molecule has 0 bridgehead atoms. The summed E-state index contributed by atoms with van der Waals surface area (Å²) in [7, 11) is 0. The maximum Gasteiger partial charge on any atom is 0.269 e. The van der Waals surface area contributed by atoms with Crippen molar-refractivity contribution in [1.82, 2.24) is 5.01 Å². The molecule has 0 aromatic rings. The third-order valence-electron chi connectivity index (χ3n) is 1.07. The molecule has 0 spiro atoms. The van der Waals surface area contributed by atoms with Gasteiger partial charge in [0.2, 0.25) is 0 Å². The third-order valence-corrected chi connectivity index (χ3v) is 1.78. The molecule has 0 N–H and O–H groups in total. The molecule has 4 nitrogen and oxygen atoms in total. The number of thioether (sulfide) groups is 1. The van der Waals surface area contributed by atoms with Crippen molar-refractivity contribution in [2.24, 2.45) is 10.1 Å². The average molecular weight is 141 g/mol. The number of rotatable bonds is 0. The van der Waals surface area contributed by atoms with Gasteiger partial charge in [-0.05, 0) is 11.8 Å². The molecule has 0 fully saturated rings. The van der Waals surface area contributed by atoms with Gasteiger partial charge in [-0.25, -0.2) is 5.01 Å². The first-order valence-corrected chi connectivity index (χ1v) is 3.32. The van der Waals surface area contributed by atoms with Gasteiger partial charge in [-0.2, -0.15) is 10.1 Å². The largest absolute Gasteiger partial charge is 0.270 e.